The second-order valence-electron chi connectivity index (χ2n) is 2.03. The van der Waals surface area contributed by atoms with Crippen molar-refractivity contribution in [3.63, 3.8) is 0 Å². The van der Waals surface area contributed by atoms with Gasteiger partial charge in [0.15, 0.2) is 0 Å². The van der Waals surface area contributed by atoms with Gasteiger partial charge >= 0.3 is 18.9 Å². The van der Waals surface area contributed by atoms with Crippen molar-refractivity contribution in [3.05, 3.63) is 34.6 Å². The van der Waals surface area contributed by atoms with Crippen LogP contribution in [0, 0.1) is 0 Å². The van der Waals surface area contributed by atoms with Gasteiger partial charge < -0.3 is 1.43 Å². The van der Waals surface area contributed by atoms with Crippen LogP contribution in [0.1, 0.15) is 1.43 Å². The molecule has 1 aromatic heterocycles. The van der Waals surface area contributed by atoms with E-state index in [1.165, 1.54) is 11.5 Å². The monoisotopic (exact) mass is 159 g/mol. The van der Waals surface area contributed by atoms with Crippen molar-refractivity contribution in [1.82, 2.24) is 4.37 Å². The molecule has 1 N–H and O–H groups in total. The van der Waals surface area contributed by atoms with Crippen LogP contribution in [-0.2, 0) is 0 Å². The molecule has 52 valence electrons. The Morgan fingerprint density at radius 2 is 2.09 bits per heavy atom. The second-order valence-corrected chi connectivity index (χ2v) is 2.88. The second kappa shape index (κ2) is 3.27. The SMILES string of the molecule is O=c1[nH]sc2ccccc12.[H-].[Li+]. The van der Waals surface area contributed by atoms with Crippen LogP contribution in [0.4, 0.5) is 0 Å². The van der Waals surface area contributed by atoms with Gasteiger partial charge in [0.25, 0.3) is 5.56 Å². The maximum Gasteiger partial charge on any atom is 1.00 e. The summed E-state index contributed by atoms with van der Waals surface area (Å²) in [7, 11) is 0. The Hall–Kier alpha value is -0.493. The molecule has 2 aromatic rings. The van der Waals surface area contributed by atoms with E-state index in [1.54, 1.807) is 0 Å². The third-order valence-corrected chi connectivity index (χ3v) is 2.25. The number of H-pyrrole nitrogens is 1. The molecule has 0 bridgehead atoms. The quantitative estimate of drug-likeness (QED) is 0.476. The third kappa shape index (κ3) is 1.41. The smallest absolute Gasteiger partial charge is 1.00 e. The van der Waals surface area contributed by atoms with Gasteiger partial charge in [-0.2, -0.15) is 0 Å². The predicted octanol–water partition coefficient (Wildman–Crippen LogP) is -1.29. The van der Waals surface area contributed by atoms with Crippen LogP contribution < -0.4 is 24.4 Å². The number of hydrogen-bond donors (Lipinski definition) is 1. The van der Waals surface area contributed by atoms with Crippen LogP contribution in [0.5, 0.6) is 0 Å². The van der Waals surface area contributed by atoms with E-state index in [9.17, 15) is 4.79 Å². The summed E-state index contributed by atoms with van der Waals surface area (Å²) in [5, 5.41) is 0.785. The number of fused-ring (bicyclic) bond motifs is 1. The average Bonchev–Trinajstić information content (AvgIpc) is 2.34. The summed E-state index contributed by atoms with van der Waals surface area (Å²) in [6.07, 6.45) is 0. The molecule has 2 nitrogen and oxygen atoms in total. The molecule has 0 spiro atoms. The van der Waals surface area contributed by atoms with Gasteiger partial charge in [-0.05, 0) is 12.1 Å². The van der Waals surface area contributed by atoms with Gasteiger partial charge in [0, 0.05) is 0 Å². The van der Waals surface area contributed by atoms with Gasteiger partial charge in [0.05, 0.1) is 10.1 Å². The molecule has 0 radical (unpaired) electrons. The van der Waals surface area contributed by atoms with Crippen LogP contribution in [0.3, 0.4) is 0 Å². The topological polar surface area (TPSA) is 32.9 Å². The Morgan fingerprint density at radius 1 is 1.36 bits per heavy atom. The maximum atomic E-state index is 10.9. The molecule has 11 heavy (non-hydrogen) atoms. The Morgan fingerprint density at radius 3 is 2.82 bits per heavy atom. The summed E-state index contributed by atoms with van der Waals surface area (Å²) in [4.78, 5) is 10.9. The standard InChI is InChI=1S/C7H5NOS.Li.H/c9-7-5-3-1-2-4-6(5)10-8-7;;/h1-4H,(H,8,9);;/q;+1;-1. The molecule has 1 heterocycles. The molecule has 0 saturated heterocycles. The molecule has 0 amide bonds. The van der Waals surface area contributed by atoms with Crippen molar-refractivity contribution in [2.24, 2.45) is 0 Å². The van der Waals surface area contributed by atoms with Crippen molar-refractivity contribution in [1.29, 1.82) is 0 Å². The van der Waals surface area contributed by atoms with E-state index in [2.05, 4.69) is 4.37 Å². The van der Waals surface area contributed by atoms with E-state index in [4.69, 9.17) is 0 Å². The first kappa shape index (κ1) is 8.60. The molecular weight excluding hydrogens is 153 g/mol. The molecule has 4 heteroatoms. The first-order valence-corrected chi connectivity index (χ1v) is 3.76. The average molecular weight is 159 g/mol. The molecule has 0 unspecified atom stereocenters. The summed E-state index contributed by atoms with van der Waals surface area (Å²) in [6, 6.07) is 7.54. The number of benzene rings is 1. The molecule has 0 aliphatic heterocycles. The normalized spacial score (nSPS) is 9.45. The van der Waals surface area contributed by atoms with Crippen molar-refractivity contribution in [2.45, 2.75) is 0 Å². The fourth-order valence-corrected chi connectivity index (χ4v) is 1.63. The Balaban J connectivity index is 0.000000605. The third-order valence-electron chi connectivity index (χ3n) is 1.39. The number of aromatic amines is 1. The fourth-order valence-electron chi connectivity index (χ4n) is 0.900. The van der Waals surface area contributed by atoms with Gasteiger partial charge in [-0.3, -0.25) is 9.17 Å². The minimum absolute atomic E-state index is 0. The minimum Gasteiger partial charge on any atom is -1.00 e. The molecule has 1 aromatic carbocycles. The van der Waals surface area contributed by atoms with E-state index in [1.807, 2.05) is 24.3 Å². The molecule has 0 aliphatic rings. The number of rotatable bonds is 0. The zero-order valence-corrected chi connectivity index (χ0v) is 6.94. The minimum atomic E-state index is 0. The van der Waals surface area contributed by atoms with Crippen LogP contribution in [-0.4, -0.2) is 4.37 Å². The van der Waals surface area contributed by atoms with Gasteiger partial charge in [-0.1, -0.05) is 23.7 Å². The Bertz CT molecular complexity index is 411. The van der Waals surface area contributed by atoms with Crippen LogP contribution in [0.25, 0.3) is 10.1 Å². The van der Waals surface area contributed by atoms with E-state index >= 15 is 0 Å². The maximum absolute atomic E-state index is 10.9. The van der Waals surface area contributed by atoms with E-state index in [0.29, 0.717) is 0 Å². The summed E-state index contributed by atoms with van der Waals surface area (Å²) >= 11 is 1.38. The van der Waals surface area contributed by atoms with Gasteiger partial charge in [0.2, 0.25) is 0 Å². The van der Waals surface area contributed by atoms with Gasteiger partial charge in [0.1, 0.15) is 0 Å². The molecule has 2 rings (SSSR count). The van der Waals surface area contributed by atoms with Crippen LogP contribution in [0.2, 0.25) is 0 Å². The summed E-state index contributed by atoms with van der Waals surface area (Å²) in [5.41, 5.74) is 0.0144. The zero-order valence-electron chi connectivity index (χ0n) is 7.13. The molecule has 0 aliphatic carbocycles. The van der Waals surface area contributed by atoms with Crippen molar-refractivity contribution < 1.29 is 20.3 Å². The molecular formula is C7H6LiNOS. The van der Waals surface area contributed by atoms with Crippen LogP contribution >= 0.6 is 11.5 Å². The molecule has 0 atom stereocenters. The van der Waals surface area contributed by atoms with E-state index < -0.39 is 0 Å². The van der Waals surface area contributed by atoms with E-state index in [0.717, 1.165) is 10.1 Å². The summed E-state index contributed by atoms with van der Waals surface area (Å²) in [6.45, 7) is 0. The van der Waals surface area contributed by atoms with Crippen LogP contribution in [0.15, 0.2) is 29.1 Å². The Kier molecular flexibility index (Phi) is 2.56. The summed E-state index contributed by atoms with van der Waals surface area (Å²) in [5.74, 6) is 0. The zero-order chi connectivity index (χ0) is 6.97. The van der Waals surface area contributed by atoms with Crippen molar-refractivity contribution in [3.8, 4) is 0 Å². The number of hydrogen-bond acceptors (Lipinski definition) is 2. The number of nitrogens with one attached hydrogen (secondary N) is 1. The molecule has 0 saturated carbocycles. The first-order chi connectivity index (χ1) is 4.88. The van der Waals surface area contributed by atoms with E-state index in [-0.39, 0.29) is 25.8 Å². The fraction of sp³-hybridized carbons (Fsp3) is 0. The van der Waals surface area contributed by atoms with Crippen molar-refractivity contribution >= 4 is 21.6 Å². The first-order valence-electron chi connectivity index (χ1n) is 2.94. The summed E-state index contributed by atoms with van der Waals surface area (Å²) < 4.78 is 3.68. The van der Waals surface area contributed by atoms with Crippen molar-refractivity contribution in [2.75, 3.05) is 0 Å². The molecule has 0 fully saturated rings. The predicted molar refractivity (Wildman–Crippen MR) is 43.6 cm³/mol. The Labute approximate surface area is 81.1 Å². The van der Waals surface area contributed by atoms with Gasteiger partial charge in [-0.25, -0.2) is 0 Å². The van der Waals surface area contributed by atoms with Gasteiger partial charge in [-0.15, -0.1) is 0 Å². The number of aromatic nitrogens is 1. The largest absolute Gasteiger partial charge is 1.00 e.